The van der Waals surface area contributed by atoms with Crippen molar-refractivity contribution in [2.24, 2.45) is 0 Å². The van der Waals surface area contributed by atoms with Gasteiger partial charge in [0, 0.05) is 57.6 Å². The van der Waals surface area contributed by atoms with Crippen molar-refractivity contribution >= 4 is 55.2 Å². The quantitative estimate of drug-likeness (QED) is 0.0497. The maximum atomic E-state index is 14.0. The predicted molar refractivity (Wildman–Crippen MR) is 214 cm³/mol. The summed E-state index contributed by atoms with van der Waals surface area (Å²) < 4.78 is 40.1. The minimum absolute atomic E-state index is 0.0325. The number of phenolic OH excluding ortho intramolecular Hbond substituents is 3. The third kappa shape index (κ3) is 6.51. The van der Waals surface area contributed by atoms with Gasteiger partial charge in [0.25, 0.3) is 0 Å². The second kappa shape index (κ2) is 15.4. The van der Waals surface area contributed by atoms with Crippen LogP contribution in [0, 0.1) is 0 Å². The summed E-state index contributed by atoms with van der Waals surface area (Å²) in [6.45, 7) is 3.23. The SMILES string of the molecule is COc1c(O)c2c(=O)cc(OC)c3c4c(OC)cc(=O)c5c(O)c(OC)c(C[C@H](C)OC(=O)c6ccccc6)c(c(c1C[C@H](C)OC(=O)Oc1ccc(O)cc1)c23)c54. The molecule has 0 radical (unpaired) electrons. The van der Waals surface area contributed by atoms with Gasteiger partial charge in [-0.25, -0.2) is 9.59 Å². The summed E-state index contributed by atoms with van der Waals surface area (Å²) in [5.41, 5.74) is -0.440. The zero-order valence-electron chi connectivity index (χ0n) is 32.3. The Bertz CT molecular complexity index is 2840. The van der Waals surface area contributed by atoms with Gasteiger partial charge in [-0.3, -0.25) is 9.59 Å². The first-order valence-corrected chi connectivity index (χ1v) is 18.0. The number of phenols is 3. The molecule has 0 aliphatic carbocycles. The lowest BCUT2D eigenvalue weighted by Gasteiger charge is -2.26. The highest BCUT2D eigenvalue weighted by atomic mass is 16.7. The van der Waals surface area contributed by atoms with E-state index in [-0.39, 0.29) is 102 Å². The fourth-order valence-corrected chi connectivity index (χ4v) is 7.76. The van der Waals surface area contributed by atoms with Crippen LogP contribution in [0.4, 0.5) is 4.79 Å². The molecule has 0 aliphatic heterocycles. The van der Waals surface area contributed by atoms with Crippen LogP contribution >= 0.6 is 0 Å². The smallest absolute Gasteiger partial charge is 0.508 e. The zero-order valence-corrected chi connectivity index (χ0v) is 32.3. The molecule has 0 unspecified atom stereocenters. The van der Waals surface area contributed by atoms with E-state index in [0.717, 1.165) is 0 Å². The highest BCUT2D eigenvalue weighted by Crippen LogP contribution is 2.55. The van der Waals surface area contributed by atoms with Crippen LogP contribution in [0.3, 0.4) is 0 Å². The summed E-state index contributed by atoms with van der Waals surface area (Å²) in [6.07, 6.45) is -3.19. The molecule has 3 N–H and O–H groups in total. The van der Waals surface area contributed by atoms with E-state index in [4.69, 9.17) is 33.2 Å². The van der Waals surface area contributed by atoms with Crippen molar-refractivity contribution in [2.75, 3.05) is 28.4 Å². The van der Waals surface area contributed by atoms with Crippen molar-refractivity contribution in [1.82, 2.24) is 0 Å². The van der Waals surface area contributed by atoms with E-state index in [1.165, 1.54) is 64.8 Å². The molecule has 2 atom stereocenters. The number of fused-ring (bicyclic) bond motifs is 2. The maximum Gasteiger partial charge on any atom is 0.514 e. The second-order valence-electron chi connectivity index (χ2n) is 13.6. The molecule has 0 saturated carbocycles. The molecule has 298 valence electrons. The number of carbonyl (C=O) groups is 2. The number of benzene rings is 7. The molecule has 0 fully saturated rings. The van der Waals surface area contributed by atoms with Crippen molar-refractivity contribution in [3.8, 4) is 46.0 Å². The number of carbonyl (C=O) groups excluding carboxylic acids is 2. The number of methoxy groups -OCH3 is 4. The monoisotopic (exact) mass is 790 g/mol. The van der Waals surface area contributed by atoms with Crippen molar-refractivity contribution in [2.45, 2.75) is 38.9 Å². The van der Waals surface area contributed by atoms with Gasteiger partial charge in [-0.15, -0.1) is 0 Å². The van der Waals surface area contributed by atoms with Crippen molar-refractivity contribution < 1.29 is 58.1 Å². The van der Waals surface area contributed by atoms with Crippen LogP contribution in [0.2, 0.25) is 0 Å². The summed E-state index contributed by atoms with van der Waals surface area (Å²) in [5, 5.41) is 34.6. The van der Waals surface area contributed by atoms with Crippen molar-refractivity contribution in [3.63, 3.8) is 0 Å². The van der Waals surface area contributed by atoms with Crippen LogP contribution in [-0.4, -0.2) is 68.1 Å². The Labute approximate surface area is 329 Å². The van der Waals surface area contributed by atoms with Gasteiger partial charge in [0.1, 0.15) is 35.2 Å². The number of ether oxygens (including phenoxy) is 7. The van der Waals surface area contributed by atoms with Gasteiger partial charge >= 0.3 is 12.1 Å². The van der Waals surface area contributed by atoms with E-state index < -0.39 is 46.7 Å². The summed E-state index contributed by atoms with van der Waals surface area (Å²) in [7, 11) is 5.33. The van der Waals surface area contributed by atoms with Crippen LogP contribution in [0.25, 0.3) is 43.1 Å². The highest BCUT2D eigenvalue weighted by molar-refractivity contribution is 6.38. The molecule has 0 saturated heterocycles. The summed E-state index contributed by atoms with van der Waals surface area (Å²) in [5.74, 6) is -1.64. The first-order chi connectivity index (χ1) is 27.8. The van der Waals surface area contributed by atoms with E-state index >= 15 is 0 Å². The summed E-state index contributed by atoms with van der Waals surface area (Å²) in [6, 6.07) is 16.2. The molecule has 7 rings (SSSR count). The Morgan fingerprint density at radius 2 is 1.03 bits per heavy atom. The molecule has 0 amide bonds. The van der Waals surface area contributed by atoms with Gasteiger partial charge in [0.2, 0.25) is 0 Å². The molecule has 7 aromatic carbocycles. The summed E-state index contributed by atoms with van der Waals surface area (Å²) in [4.78, 5) is 54.3. The van der Waals surface area contributed by atoms with Crippen molar-refractivity contribution in [1.29, 1.82) is 0 Å². The van der Waals surface area contributed by atoms with Crippen LogP contribution in [0.15, 0.2) is 76.3 Å². The minimum Gasteiger partial charge on any atom is -0.508 e. The van der Waals surface area contributed by atoms with Gasteiger partial charge in [0.15, 0.2) is 33.9 Å². The number of rotatable bonds is 12. The first-order valence-electron chi connectivity index (χ1n) is 18.0. The average Bonchev–Trinajstić information content (AvgIpc) is 3.19. The Kier molecular flexibility index (Phi) is 10.3. The van der Waals surface area contributed by atoms with E-state index in [1.807, 2.05) is 0 Å². The standard InChI is InChI=1S/C44H38O14/c1-20(56-43(50)22-10-8-7-9-11-22)16-25-31-32-26(17-21(2)57-44(51)58-24-14-12-23(45)13-15-24)42(55-6)40(49)34-28(47)19-30(53-4)36(38(32)34)35-29(52-3)18-27(46)33(37(31)35)39(48)41(25)54-5/h7-15,18-21,45,48-49H,16-17H2,1-6H3/t20-,21-/m0/s1. The number of esters is 1. The third-order valence-corrected chi connectivity index (χ3v) is 10.0. The fraction of sp³-hybridized carbons (Fsp3) is 0.227. The molecule has 0 bridgehead atoms. The van der Waals surface area contributed by atoms with Gasteiger partial charge in [-0.1, -0.05) is 18.2 Å². The van der Waals surface area contributed by atoms with Gasteiger partial charge < -0.3 is 48.5 Å². The maximum absolute atomic E-state index is 14.0. The Balaban J connectivity index is 1.58. The summed E-state index contributed by atoms with van der Waals surface area (Å²) >= 11 is 0. The second-order valence-corrected chi connectivity index (χ2v) is 13.6. The molecule has 0 spiro atoms. The molecule has 14 heteroatoms. The topological polar surface area (TPSA) is 194 Å². The molecule has 0 heterocycles. The third-order valence-electron chi connectivity index (χ3n) is 10.0. The lowest BCUT2D eigenvalue weighted by atomic mass is 9.81. The normalized spacial score (nSPS) is 12.4. The van der Waals surface area contributed by atoms with Crippen LogP contribution < -0.4 is 34.5 Å². The lowest BCUT2D eigenvalue weighted by Crippen LogP contribution is -2.21. The fourth-order valence-electron chi connectivity index (χ4n) is 7.76. The molecular weight excluding hydrogens is 752 g/mol. The number of hydrogen-bond donors (Lipinski definition) is 3. The number of hydrogen-bond acceptors (Lipinski definition) is 14. The van der Waals surface area contributed by atoms with E-state index in [2.05, 4.69) is 0 Å². The average molecular weight is 791 g/mol. The Morgan fingerprint density at radius 3 is 1.48 bits per heavy atom. The van der Waals surface area contributed by atoms with Gasteiger partial charge in [0.05, 0.1) is 44.8 Å². The van der Waals surface area contributed by atoms with Crippen LogP contribution in [-0.2, 0) is 22.3 Å². The van der Waals surface area contributed by atoms with Gasteiger partial charge in [-0.2, -0.15) is 0 Å². The van der Waals surface area contributed by atoms with E-state index in [0.29, 0.717) is 5.56 Å². The van der Waals surface area contributed by atoms with E-state index in [9.17, 15) is 34.5 Å². The van der Waals surface area contributed by atoms with Crippen LogP contribution in [0.1, 0.15) is 35.3 Å². The highest BCUT2D eigenvalue weighted by Gasteiger charge is 2.34. The number of aromatic hydroxyl groups is 3. The Hall–Kier alpha value is -7.22. The molecule has 0 aliphatic rings. The molecular formula is C44H38O14. The zero-order chi connectivity index (χ0) is 41.6. The molecule has 7 aromatic rings. The predicted octanol–water partition coefficient (Wildman–Crippen LogP) is 6.98. The van der Waals surface area contributed by atoms with E-state index in [1.54, 1.807) is 44.2 Å². The molecule has 58 heavy (non-hydrogen) atoms. The minimum atomic E-state index is -1.07. The largest absolute Gasteiger partial charge is 0.514 e. The van der Waals surface area contributed by atoms with Gasteiger partial charge in [-0.05, 0) is 61.0 Å². The Morgan fingerprint density at radius 1 is 0.569 bits per heavy atom. The van der Waals surface area contributed by atoms with Crippen molar-refractivity contribution in [3.05, 3.63) is 104 Å². The molecule has 14 nitrogen and oxygen atoms in total. The first kappa shape index (κ1) is 39.0. The molecule has 0 aromatic heterocycles. The lowest BCUT2D eigenvalue weighted by molar-refractivity contribution is 0.0342. The van der Waals surface area contributed by atoms with Crippen LogP contribution in [0.5, 0.6) is 46.0 Å².